The number of thiazole rings is 1. The Labute approximate surface area is 146 Å². The molecule has 2 heterocycles. The molecule has 5 nitrogen and oxygen atoms in total. The molecule has 0 bridgehead atoms. The van der Waals surface area contributed by atoms with E-state index < -0.39 is 0 Å². The van der Waals surface area contributed by atoms with Gasteiger partial charge in [-0.15, -0.1) is 11.3 Å². The highest BCUT2D eigenvalue weighted by Gasteiger charge is 2.23. The van der Waals surface area contributed by atoms with E-state index in [1.54, 1.807) is 30.4 Å². The lowest BCUT2D eigenvalue weighted by atomic mass is 10.1. The Morgan fingerprint density at radius 3 is 2.83 bits per heavy atom. The summed E-state index contributed by atoms with van der Waals surface area (Å²) in [6.45, 7) is 4.74. The second-order valence-electron chi connectivity index (χ2n) is 6.50. The van der Waals surface area contributed by atoms with Crippen molar-refractivity contribution >= 4 is 17.2 Å². The van der Waals surface area contributed by atoms with Crippen LogP contribution in [0.1, 0.15) is 58.5 Å². The lowest BCUT2D eigenvalue weighted by molar-refractivity contribution is 0.0779. The van der Waals surface area contributed by atoms with E-state index in [4.69, 9.17) is 4.74 Å². The standard InChI is InChI=1S/C18H23N3O2S/c1-11(2)17-19-13(10-24-17)9-21(3)18(22)14-8-12-6-5-7-15(12)20-16(14)23-4/h8,10-11H,5-7,9H2,1-4H3. The highest BCUT2D eigenvalue weighted by atomic mass is 32.1. The first-order chi connectivity index (χ1) is 11.5. The van der Waals surface area contributed by atoms with Crippen molar-refractivity contribution in [2.75, 3.05) is 14.2 Å². The van der Waals surface area contributed by atoms with Crippen LogP contribution in [0.4, 0.5) is 0 Å². The van der Waals surface area contributed by atoms with E-state index in [1.165, 1.54) is 5.56 Å². The van der Waals surface area contributed by atoms with Gasteiger partial charge >= 0.3 is 0 Å². The van der Waals surface area contributed by atoms with Crippen molar-refractivity contribution in [3.8, 4) is 5.88 Å². The molecule has 6 heteroatoms. The Kier molecular flexibility index (Phi) is 4.85. The zero-order chi connectivity index (χ0) is 17.3. The largest absolute Gasteiger partial charge is 0.480 e. The van der Waals surface area contributed by atoms with Gasteiger partial charge < -0.3 is 9.64 Å². The Balaban J connectivity index is 1.80. The molecule has 1 aliphatic rings. The van der Waals surface area contributed by atoms with E-state index >= 15 is 0 Å². The van der Waals surface area contributed by atoms with E-state index in [0.29, 0.717) is 23.9 Å². The van der Waals surface area contributed by atoms with Gasteiger partial charge in [-0.05, 0) is 30.9 Å². The number of pyridine rings is 1. The second-order valence-corrected chi connectivity index (χ2v) is 7.39. The first-order valence-corrected chi connectivity index (χ1v) is 9.14. The minimum Gasteiger partial charge on any atom is -0.480 e. The summed E-state index contributed by atoms with van der Waals surface area (Å²) in [5.74, 6) is 0.757. The summed E-state index contributed by atoms with van der Waals surface area (Å²) in [5, 5.41) is 3.12. The van der Waals surface area contributed by atoms with Crippen LogP contribution in [0.2, 0.25) is 0 Å². The molecule has 2 aromatic rings. The second kappa shape index (κ2) is 6.89. The van der Waals surface area contributed by atoms with Gasteiger partial charge in [-0.1, -0.05) is 13.8 Å². The maximum atomic E-state index is 12.9. The molecule has 0 spiro atoms. The molecule has 3 rings (SSSR count). The third-order valence-corrected chi connectivity index (χ3v) is 5.44. The minimum absolute atomic E-state index is 0.0758. The average Bonchev–Trinajstić information content (AvgIpc) is 3.21. The molecule has 0 atom stereocenters. The minimum atomic E-state index is -0.0758. The van der Waals surface area contributed by atoms with Gasteiger partial charge in [0.1, 0.15) is 5.56 Å². The number of rotatable bonds is 5. The fraction of sp³-hybridized carbons (Fsp3) is 0.500. The fourth-order valence-corrected chi connectivity index (χ4v) is 3.77. The number of carbonyl (C=O) groups is 1. The third kappa shape index (κ3) is 3.29. The molecule has 0 fully saturated rings. The molecule has 128 valence electrons. The fourth-order valence-electron chi connectivity index (χ4n) is 2.94. The Bertz CT molecular complexity index is 755. The quantitative estimate of drug-likeness (QED) is 0.833. The average molecular weight is 345 g/mol. The number of aryl methyl sites for hydroxylation is 2. The molecular weight excluding hydrogens is 322 g/mol. The molecule has 1 aliphatic carbocycles. The molecule has 0 radical (unpaired) electrons. The third-order valence-electron chi connectivity index (χ3n) is 4.25. The zero-order valence-corrected chi connectivity index (χ0v) is 15.4. The van der Waals surface area contributed by atoms with Gasteiger partial charge in [0.25, 0.3) is 5.91 Å². The smallest absolute Gasteiger partial charge is 0.259 e. The van der Waals surface area contributed by atoms with Crippen LogP contribution in [0.3, 0.4) is 0 Å². The van der Waals surface area contributed by atoms with Crippen molar-refractivity contribution in [2.24, 2.45) is 0 Å². The van der Waals surface area contributed by atoms with Crippen molar-refractivity contribution in [1.82, 2.24) is 14.9 Å². The molecule has 0 saturated heterocycles. The SMILES string of the molecule is COc1nc2c(cc1C(=O)N(C)Cc1csc(C(C)C)n1)CCC2. The van der Waals surface area contributed by atoms with Crippen molar-refractivity contribution in [1.29, 1.82) is 0 Å². The van der Waals surface area contributed by atoms with Crippen LogP contribution in [-0.2, 0) is 19.4 Å². The summed E-state index contributed by atoms with van der Waals surface area (Å²) in [5.41, 5.74) is 3.70. The summed E-state index contributed by atoms with van der Waals surface area (Å²) in [7, 11) is 3.36. The Morgan fingerprint density at radius 2 is 2.17 bits per heavy atom. The van der Waals surface area contributed by atoms with Gasteiger partial charge in [0.15, 0.2) is 0 Å². The van der Waals surface area contributed by atoms with Crippen molar-refractivity contribution in [3.63, 3.8) is 0 Å². The highest BCUT2D eigenvalue weighted by molar-refractivity contribution is 7.09. The van der Waals surface area contributed by atoms with E-state index in [9.17, 15) is 4.79 Å². The summed E-state index contributed by atoms with van der Waals surface area (Å²) in [6.07, 6.45) is 3.04. The number of carbonyl (C=O) groups excluding carboxylic acids is 1. The Hall–Kier alpha value is -1.95. The van der Waals surface area contributed by atoms with Gasteiger partial charge in [0.05, 0.1) is 24.4 Å². The number of fused-ring (bicyclic) bond motifs is 1. The number of nitrogens with zero attached hydrogens (tertiary/aromatic N) is 3. The molecule has 1 amide bonds. The summed E-state index contributed by atoms with van der Waals surface area (Å²) in [6, 6.07) is 1.95. The number of methoxy groups -OCH3 is 1. The maximum Gasteiger partial charge on any atom is 0.259 e. The van der Waals surface area contributed by atoms with Crippen LogP contribution < -0.4 is 4.74 Å². The van der Waals surface area contributed by atoms with Crippen LogP contribution in [0, 0.1) is 0 Å². The summed E-state index contributed by atoms with van der Waals surface area (Å²) >= 11 is 1.64. The highest BCUT2D eigenvalue weighted by Crippen LogP contribution is 2.27. The van der Waals surface area contributed by atoms with Crippen LogP contribution in [-0.4, -0.2) is 34.9 Å². The van der Waals surface area contributed by atoms with Gasteiger partial charge in [-0.3, -0.25) is 4.79 Å². The van der Waals surface area contributed by atoms with Gasteiger partial charge in [0, 0.05) is 24.0 Å². The summed E-state index contributed by atoms with van der Waals surface area (Å²) in [4.78, 5) is 23.7. The van der Waals surface area contributed by atoms with Crippen LogP contribution >= 0.6 is 11.3 Å². The summed E-state index contributed by atoms with van der Waals surface area (Å²) < 4.78 is 5.36. The van der Waals surface area contributed by atoms with Gasteiger partial charge in [-0.2, -0.15) is 0 Å². The zero-order valence-electron chi connectivity index (χ0n) is 14.6. The van der Waals surface area contributed by atoms with E-state index in [-0.39, 0.29) is 5.91 Å². The molecule has 0 aliphatic heterocycles. The predicted octanol–water partition coefficient (Wildman–Crippen LogP) is 3.43. The topological polar surface area (TPSA) is 55.3 Å². The molecular formula is C18H23N3O2S. The number of hydrogen-bond donors (Lipinski definition) is 0. The monoisotopic (exact) mass is 345 g/mol. The molecule has 0 unspecified atom stereocenters. The van der Waals surface area contributed by atoms with Crippen molar-refractivity contribution in [2.45, 2.75) is 45.6 Å². The first-order valence-electron chi connectivity index (χ1n) is 8.26. The normalized spacial score (nSPS) is 13.2. The molecule has 0 N–H and O–H groups in total. The van der Waals surface area contributed by atoms with Gasteiger partial charge in [-0.25, -0.2) is 9.97 Å². The van der Waals surface area contributed by atoms with E-state index in [2.05, 4.69) is 23.8 Å². The molecule has 2 aromatic heterocycles. The first kappa shape index (κ1) is 16.9. The number of hydrogen-bond acceptors (Lipinski definition) is 5. The lowest BCUT2D eigenvalue weighted by Crippen LogP contribution is -2.27. The van der Waals surface area contributed by atoms with Crippen LogP contribution in [0.15, 0.2) is 11.4 Å². The van der Waals surface area contributed by atoms with Crippen LogP contribution in [0.25, 0.3) is 0 Å². The lowest BCUT2D eigenvalue weighted by Gasteiger charge is -2.18. The number of aromatic nitrogens is 2. The van der Waals surface area contributed by atoms with Gasteiger partial charge in [0.2, 0.25) is 5.88 Å². The number of amides is 1. The molecule has 0 saturated carbocycles. The Morgan fingerprint density at radius 1 is 1.38 bits per heavy atom. The van der Waals surface area contributed by atoms with Crippen molar-refractivity contribution in [3.05, 3.63) is 39.0 Å². The predicted molar refractivity (Wildman–Crippen MR) is 94.8 cm³/mol. The molecule has 0 aromatic carbocycles. The van der Waals surface area contributed by atoms with Crippen LogP contribution in [0.5, 0.6) is 5.88 Å². The number of ether oxygens (including phenoxy) is 1. The van der Waals surface area contributed by atoms with Crippen molar-refractivity contribution < 1.29 is 9.53 Å². The van der Waals surface area contributed by atoms with E-state index in [1.807, 2.05) is 11.4 Å². The molecule has 24 heavy (non-hydrogen) atoms. The maximum absolute atomic E-state index is 12.9. The van der Waals surface area contributed by atoms with E-state index in [0.717, 1.165) is 35.7 Å².